The molecule has 3 aromatic heterocycles. The quantitative estimate of drug-likeness (QED) is 0.681. The van der Waals surface area contributed by atoms with Crippen LogP contribution >= 0.6 is 11.6 Å². The van der Waals surface area contributed by atoms with Crippen LogP contribution in [0, 0.1) is 0 Å². The number of halogens is 1. The van der Waals surface area contributed by atoms with Crippen molar-refractivity contribution in [1.29, 1.82) is 0 Å². The Balaban J connectivity index is 1.93. The Morgan fingerprint density at radius 2 is 1.79 bits per heavy atom. The van der Waals surface area contributed by atoms with Crippen LogP contribution in [0.2, 0.25) is 5.28 Å². The SMILES string of the molecule is CCn1c(-c2ccncc2)nc2c(N3CCCCC3)nc(Cl)nc21. The number of aryl methyl sites for hydroxylation is 1. The first kappa shape index (κ1) is 15.3. The number of pyridine rings is 1. The van der Waals surface area contributed by atoms with E-state index in [1.54, 1.807) is 12.4 Å². The van der Waals surface area contributed by atoms with Crippen molar-refractivity contribution >= 4 is 28.6 Å². The molecule has 4 heterocycles. The highest BCUT2D eigenvalue weighted by Crippen LogP contribution is 2.31. The molecule has 0 N–H and O–H groups in total. The molecule has 4 rings (SSSR count). The lowest BCUT2D eigenvalue weighted by atomic mass is 10.1. The van der Waals surface area contributed by atoms with E-state index in [1.165, 1.54) is 19.3 Å². The fourth-order valence-electron chi connectivity index (χ4n) is 3.31. The van der Waals surface area contributed by atoms with Crippen LogP contribution in [0.25, 0.3) is 22.6 Å². The van der Waals surface area contributed by atoms with Crippen molar-refractivity contribution in [1.82, 2.24) is 24.5 Å². The minimum atomic E-state index is 0.277. The second-order valence-corrected chi connectivity index (χ2v) is 6.29. The van der Waals surface area contributed by atoms with E-state index in [2.05, 4.69) is 31.3 Å². The molecule has 6 nitrogen and oxygen atoms in total. The van der Waals surface area contributed by atoms with Gasteiger partial charge in [-0.3, -0.25) is 4.98 Å². The van der Waals surface area contributed by atoms with Crippen molar-refractivity contribution in [2.45, 2.75) is 32.7 Å². The van der Waals surface area contributed by atoms with Gasteiger partial charge in [0.05, 0.1) is 0 Å². The molecule has 0 spiro atoms. The molecule has 0 unspecified atom stereocenters. The molecule has 124 valence electrons. The third-order valence-electron chi connectivity index (χ3n) is 4.46. The summed E-state index contributed by atoms with van der Waals surface area (Å²) >= 11 is 6.23. The number of aromatic nitrogens is 5. The maximum absolute atomic E-state index is 6.23. The normalized spacial score (nSPS) is 15.2. The Bertz CT molecular complexity index is 854. The second-order valence-electron chi connectivity index (χ2n) is 5.95. The maximum Gasteiger partial charge on any atom is 0.226 e. The highest BCUT2D eigenvalue weighted by molar-refractivity contribution is 6.28. The smallest absolute Gasteiger partial charge is 0.226 e. The second kappa shape index (κ2) is 6.36. The molecule has 1 fully saturated rings. The van der Waals surface area contributed by atoms with Crippen molar-refractivity contribution < 1.29 is 0 Å². The zero-order valence-corrected chi connectivity index (χ0v) is 14.4. The molecule has 1 aliphatic rings. The maximum atomic E-state index is 6.23. The molecule has 0 amide bonds. The van der Waals surface area contributed by atoms with Gasteiger partial charge in [0, 0.05) is 37.6 Å². The predicted octanol–water partition coefficient (Wildman–Crippen LogP) is 3.55. The van der Waals surface area contributed by atoms with Gasteiger partial charge in [-0.25, -0.2) is 4.98 Å². The molecule has 0 aliphatic carbocycles. The molecular weight excluding hydrogens is 324 g/mol. The summed E-state index contributed by atoms with van der Waals surface area (Å²) in [5, 5.41) is 0.277. The zero-order chi connectivity index (χ0) is 16.5. The average Bonchev–Trinajstić information content (AvgIpc) is 3.01. The van der Waals surface area contributed by atoms with Gasteiger partial charge in [-0.2, -0.15) is 9.97 Å². The van der Waals surface area contributed by atoms with E-state index in [0.717, 1.165) is 48.0 Å². The van der Waals surface area contributed by atoms with E-state index >= 15 is 0 Å². The van der Waals surface area contributed by atoms with Crippen molar-refractivity contribution in [2.75, 3.05) is 18.0 Å². The summed E-state index contributed by atoms with van der Waals surface area (Å²) in [6.07, 6.45) is 7.17. The Morgan fingerprint density at radius 1 is 1.04 bits per heavy atom. The summed E-state index contributed by atoms with van der Waals surface area (Å²) in [7, 11) is 0. The summed E-state index contributed by atoms with van der Waals surface area (Å²) in [6.45, 7) is 4.83. The van der Waals surface area contributed by atoms with Gasteiger partial charge in [-0.05, 0) is 49.9 Å². The fraction of sp³-hybridized carbons (Fsp3) is 0.412. The molecule has 0 aromatic carbocycles. The average molecular weight is 343 g/mol. The highest BCUT2D eigenvalue weighted by atomic mass is 35.5. The number of imidazole rings is 1. The topological polar surface area (TPSA) is 59.7 Å². The number of hydrogen-bond donors (Lipinski definition) is 0. The van der Waals surface area contributed by atoms with Gasteiger partial charge < -0.3 is 9.47 Å². The lowest BCUT2D eigenvalue weighted by Gasteiger charge is -2.27. The summed E-state index contributed by atoms with van der Waals surface area (Å²) in [4.78, 5) is 20.2. The molecular formula is C17H19ClN6. The number of piperidine rings is 1. The molecule has 0 radical (unpaired) electrons. The summed E-state index contributed by atoms with van der Waals surface area (Å²) in [6, 6.07) is 3.92. The van der Waals surface area contributed by atoms with E-state index in [0.29, 0.717) is 0 Å². The molecule has 24 heavy (non-hydrogen) atoms. The van der Waals surface area contributed by atoms with E-state index < -0.39 is 0 Å². The molecule has 0 atom stereocenters. The first-order valence-corrected chi connectivity index (χ1v) is 8.75. The van der Waals surface area contributed by atoms with Gasteiger partial charge in [0.15, 0.2) is 17.0 Å². The largest absolute Gasteiger partial charge is 0.355 e. The zero-order valence-electron chi connectivity index (χ0n) is 13.6. The first-order chi connectivity index (χ1) is 11.8. The van der Waals surface area contributed by atoms with Crippen LogP contribution in [-0.2, 0) is 6.54 Å². The van der Waals surface area contributed by atoms with Crippen molar-refractivity contribution in [3.8, 4) is 11.4 Å². The minimum absolute atomic E-state index is 0.277. The van der Waals surface area contributed by atoms with Gasteiger partial charge in [-0.1, -0.05) is 0 Å². The number of anilines is 1. The Labute approximate surface area is 145 Å². The molecule has 1 saturated heterocycles. The van der Waals surface area contributed by atoms with Crippen LogP contribution in [0.1, 0.15) is 26.2 Å². The van der Waals surface area contributed by atoms with Crippen LogP contribution in [0.5, 0.6) is 0 Å². The van der Waals surface area contributed by atoms with Gasteiger partial charge in [0.25, 0.3) is 0 Å². The number of fused-ring (bicyclic) bond motifs is 1. The summed E-state index contributed by atoms with van der Waals surface area (Å²) in [5.74, 6) is 1.73. The Morgan fingerprint density at radius 3 is 2.50 bits per heavy atom. The molecule has 0 bridgehead atoms. The lowest BCUT2D eigenvalue weighted by Crippen LogP contribution is -2.30. The van der Waals surface area contributed by atoms with E-state index in [4.69, 9.17) is 16.6 Å². The Kier molecular flexibility index (Phi) is 4.06. The number of rotatable bonds is 3. The van der Waals surface area contributed by atoms with Crippen LogP contribution < -0.4 is 4.90 Å². The van der Waals surface area contributed by atoms with Crippen LogP contribution in [-0.4, -0.2) is 37.6 Å². The van der Waals surface area contributed by atoms with Crippen LogP contribution in [0.15, 0.2) is 24.5 Å². The number of nitrogens with zero attached hydrogens (tertiary/aromatic N) is 6. The van der Waals surface area contributed by atoms with Crippen LogP contribution in [0.4, 0.5) is 5.82 Å². The minimum Gasteiger partial charge on any atom is -0.355 e. The lowest BCUT2D eigenvalue weighted by molar-refractivity contribution is 0.574. The predicted molar refractivity (Wildman–Crippen MR) is 95.3 cm³/mol. The third-order valence-corrected chi connectivity index (χ3v) is 4.63. The molecule has 7 heteroatoms. The van der Waals surface area contributed by atoms with E-state index in [-0.39, 0.29) is 5.28 Å². The van der Waals surface area contributed by atoms with Gasteiger partial charge in [-0.15, -0.1) is 0 Å². The third kappa shape index (κ3) is 2.60. The molecule has 1 aliphatic heterocycles. The van der Waals surface area contributed by atoms with E-state index in [1.807, 2.05) is 12.1 Å². The monoisotopic (exact) mass is 342 g/mol. The van der Waals surface area contributed by atoms with Crippen molar-refractivity contribution in [3.05, 3.63) is 29.8 Å². The summed E-state index contributed by atoms with van der Waals surface area (Å²) in [5.41, 5.74) is 2.64. The van der Waals surface area contributed by atoms with Crippen LogP contribution in [0.3, 0.4) is 0 Å². The highest BCUT2D eigenvalue weighted by Gasteiger charge is 2.22. The number of hydrogen-bond acceptors (Lipinski definition) is 5. The Hall–Kier alpha value is -2.21. The first-order valence-electron chi connectivity index (χ1n) is 8.37. The van der Waals surface area contributed by atoms with Gasteiger partial charge in [0.2, 0.25) is 5.28 Å². The van der Waals surface area contributed by atoms with Gasteiger partial charge in [0.1, 0.15) is 5.82 Å². The van der Waals surface area contributed by atoms with Gasteiger partial charge >= 0.3 is 0 Å². The molecule has 3 aromatic rings. The molecule has 0 saturated carbocycles. The fourth-order valence-corrected chi connectivity index (χ4v) is 3.47. The summed E-state index contributed by atoms with van der Waals surface area (Å²) < 4.78 is 2.09. The standard InChI is InChI=1S/C17H19ClN6/c1-2-24-14(12-6-8-19-9-7-12)20-13-15(21-17(18)22-16(13)24)23-10-4-3-5-11-23/h6-9H,2-5,10-11H2,1H3. The van der Waals surface area contributed by atoms with Crippen molar-refractivity contribution in [2.24, 2.45) is 0 Å². The van der Waals surface area contributed by atoms with Crippen molar-refractivity contribution in [3.63, 3.8) is 0 Å². The van der Waals surface area contributed by atoms with E-state index in [9.17, 15) is 0 Å².